The molecule has 0 saturated heterocycles. The van der Waals surface area contributed by atoms with E-state index < -0.39 is 6.29 Å². The van der Waals surface area contributed by atoms with Crippen LogP contribution in [-0.4, -0.2) is 27.8 Å². The zero-order valence-corrected chi connectivity index (χ0v) is 14.1. The minimum Gasteiger partial charge on any atom is -0.446 e. The van der Waals surface area contributed by atoms with Gasteiger partial charge in [0.05, 0.1) is 11.2 Å². The number of benzene rings is 1. The van der Waals surface area contributed by atoms with Crippen molar-refractivity contribution in [3.05, 3.63) is 42.2 Å². The predicted octanol–water partition coefficient (Wildman–Crippen LogP) is 3.56. The van der Waals surface area contributed by atoms with Crippen LogP contribution in [0.5, 0.6) is 5.88 Å². The van der Waals surface area contributed by atoms with Gasteiger partial charge in [0.2, 0.25) is 18.1 Å². The first-order chi connectivity index (χ1) is 12.1. The van der Waals surface area contributed by atoms with Crippen LogP contribution in [0.4, 0.5) is 10.3 Å². The highest BCUT2D eigenvalue weighted by Crippen LogP contribution is 2.27. The summed E-state index contributed by atoms with van der Waals surface area (Å²) >= 11 is 0. The number of hydrogen-bond donors (Lipinski definition) is 1. The summed E-state index contributed by atoms with van der Waals surface area (Å²) in [6.07, 6.45) is 0.204. The molecule has 2 heterocycles. The molecule has 3 aromatic rings. The molecule has 0 spiro atoms. The van der Waals surface area contributed by atoms with Gasteiger partial charge in [0.25, 0.3) is 0 Å². The lowest BCUT2D eigenvalue weighted by Crippen LogP contribution is -2.20. The predicted molar refractivity (Wildman–Crippen MR) is 93.5 cm³/mol. The van der Waals surface area contributed by atoms with Gasteiger partial charge in [-0.05, 0) is 43.3 Å². The SMILES string of the molecule is CCOC(CC)Oc1nc(N)nc2ccc(-c3ccc(F)cc3)nc12. The van der Waals surface area contributed by atoms with E-state index in [-0.39, 0.29) is 17.6 Å². The van der Waals surface area contributed by atoms with Gasteiger partial charge in [0.15, 0.2) is 5.52 Å². The van der Waals surface area contributed by atoms with E-state index in [4.69, 9.17) is 15.2 Å². The van der Waals surface area contributed by atoms with Crippen LogP contribution in [0.3, 0.4) is 0 Å². The Balaban J connectivity index is 2.05. The van der Waals surface area contributed by atoms with Gasteiger partial charge in [-0.25, -0.2) is 14.4 Å². The molecule has 0 bridgehead atoms. The van der Waals surface area contributed by atoms with Crippen LogP contribution in [0.15, 0.2) is 36.4 Å². The van der Waals surface area contributed by atoms with Crippen LogP contribution in [0, 0.1) is 5.82 Å². The molecule has 0 radical (unpaired) electrons. The Labute approximate surface area is 144 Å². The van der Waals surface area contributed by atoms with Crippen LogP contribution in [0.1, 0.15) is 20.3 Å². The summed E-state index contributed by atoms with van der Waals surface area (Å²) in [5, 5.41) is 0. The van der Waals surface area contributed by atoms with E-state index in [1.807, 2.05) is 13.8 Å². The van der Waals surface area contributed by atoms with Gasteiger partial charge < -0.3 is 15.2 Å². The van der Waals surface area contributed by atoms with Crippen molar-refractivity contribution in [2.24, 2.45) is 0 Å². The third kappa shape index (κ3) is 3.83. The van der Waals surface area contributed by atoms with Crippen molar-refractivity contribution >= 4 is 17.0 Å². The second-order valence-electron chi connectivity index (χ2n) is 5.37. The Morgan fingerprint density at radius 2 is 1.80 bits per heavy atom. The van der Waals surface area contributed by atoms with Gasteiger partial charge in [-0.2, -0.15) is 4.98 Å². The average molecular weight is 342 g/mol. The number of fused-ring (bicyclic) bond motifs is 1. The summed E-state index contributed by atoms with van der Waals surface area (Å²) < 4.78 is 24.5. The third-order valence-corrected chi connectivity index (χ3v) is 3.60. The zero-order chi connectivity index (χ0) is 17.8. The molecule has 0 saturated carbocycles. The number of hydrogen-bond acceptors (Lipinski definition) is 6. The summed E-state index contributed by atoms with van der Waals surface area (Å²) in [5.74, 6) is 0.0733. The lowest BCUT2D eigenvalue weighted by molar-refractivity contribution is -0.0781. The number of nitrogens with zero attached hydrogens (tertiary/aromatic N) is 3. The van der Waals surface area contributed by atoms with E-state index in [2.05, 4.69) is 15.0 Å². The number of aromatic nitrogens is 3. The molecule has 0 aliphatic carbocycles. The van der Waals surface area contributed by atoms with Crippen LogP contribution < -0.4 is 10.5 Å². The minimum atomic E-state index is -0.446. The third-order valence-electron chi connectivity index (χ3n) is 3.60. The number of nitrogen functional groups attached to an aromatic ring is 1. The standard InChI is InChI=1S/C18H19FN4O2/c1-3-15(24-4-2)25-17-16-14(22-18(20)23-17)10-9-13(21-16)11-5-7-12(19)8-6-11/h5-10,15H,3-4H2,1-2H3,(H2,20,22,23). The first kappa shape index (κ1) is 17.0. The van der Waals surface area contributed by atoms with E-state index in [0.717, 1.165) is 5.56 Å². The van der Waals surface area contributed by atoms with Crippen LogP contribution in [0.2, 0.25) is 0 Å². The first-order valence-electron chi connectivity index (χ1n) is 8.09. The molecule has 1 atom stereocenters. The molecule has 0 fully saturated rings. The topological polar surface area (TPSA) is 83.2 Å². The molecule has 0 amide bonds. The molecule has 0 aliphatic heterocycles. The molecule has 0 aliphatic rings. The van der Waals surface area contributed by atoms with Crippen molar-refractivity contribution in [2.75, 3.05) is 12.3 Å². The number of ether oxygens (including phenoxy) is 2. The van der Waals surface area contributed by atoms with Crippen molar-refractivity contribution in [1.29, 1.82) is 0 Å². The minimum absolute atomic E-state index is 0.102. The number of pyridine rings is 1. The molecule has 1 unspecified atom stereocenters. The first-order valence-corrected chi connectivity index (χ1v) is 8.09. The largest absolute Gasteiger partial charge is 0.446 e. The Morgan fingerprint density at radius 1 is 1.04 bits per heavy atom. The van der Waals surface area contributed by atoms with Gasteiger partial charge in [-0.15, -0.1) is 0 Å². The monoisotopic (exact) mass is 342 g/mol. The lowest BCUT2D eigenvalue weighted by Gasteiger charge is -2.17. The maximum absolute atomic E-state index is 13.1. The van der Waals surface area contributed by atoms with E-state index in [1.165, 1.54) is 12.1 Å². The molecule has 2 aromatic heterocycles. The van der Waals surface area contributed by atoms with Crippen molar-refractivity contribution < 1.29 is 13.9 Å². The number of rotatable bonds is 6. The second-order valence-corrected chi connectivity index (χ2v) is 5.37. The lowest BCUT2D eigenvalue weighted by atomic mass is 10.1. The summed E-state index contributed by atoms with van der Waals surface area (Å²) in [6.45, 7) is 4.36. The fraction of sp³-hybridized carbons (Fsp3) is 0.278. The van der Waals surface area contributed by atoms with E-state index in [0.29, 0.717) is 29.8 Å². The van der Waals surface area contributed by atoms with Crippen LogP contribution in [0.25, 0.3) is 22.3 Å². The molecule has 2 N–H and O–H groups in total. The van der Waals surface area contributed by atoms with Gasteiger partial charge in [-0.3, -0.25) is 0 Å². The molecule has 1 aromatic carbocycles. The summed E-state index contributed by atoms with van der Waals surface area (Å²) in [4.78, 5) is 12.9. The highest BCUT2D eigenvalue weighted by Gasteiger charge is 2.15. The number of nitrogens with two attached hydrogens (primary N) is 1. The van der Waals surface area contributed by atoms with Gasteiger partial charge in [0, 0.05) is 18.6 Å². The summed E-state index contributed by atoms with van der Waals surface area (Å²) in [5.41, 5.74) is 8.26. The fourth-order valence-corrected chi connectivity index (χ4v) is 2.41. The van der Waals surface area contributed by atoms with E-state index in [1.54, 1.807) is 24.3 Å². The van der Waals surface area contributed by atoms with Gasteiger partial charge in [-0.1, -0.05) is 6.92 Å². The van der Waals surface area contributed by atoms with Crippen molar-refractivity contribution in [2.45, 2.75) is 26.6 Å². The molecular weight excluding hydrogens is 323 g/mol. The Bertz CT molecular complexity index is 871. The highest BCUT2D eigenvalue weighted by atomic mass is 19.1. The van der Waals surface area contributed by atoms with E-state index in [9.17, 15) is 4.39 Å². The summed E-state index contributed by atoms with van der Waals surface area (Å²) in [7, 11) is 0. The van der Waals surface area contributed by atoms with Gasteiger partial charge >= 0.3 is 0 Å². The number of halogens is 1. The molecule has 25 heavy (non-hydrogen) atoms. The normalized spacial score (nSPS) is 12.3. The summed E-state index contributed by atoms with van der Waals surface area (Å²) in [6, 6.07) is 9.69. The fourth-order valence-electron chi connectivity index (χ4n) is 2.41. The molecular formula is C18H19FN4O2. The molecule has 6 nitrogen and oxygen atoms in total. The Hall–Kier alpha value is -2.80. The maximum Gasteiger partial charge on any atom is 0.247 e. The van der Waals surface area contributed by atoms with Gasteiger partial charge in [0.1, 0.15) is 5.82 Å². The smallest absolute Gasteiger partial charge is 0.247 e. The zero-order valence-electron chi connectivity index (χ0n) is 14.1. The average Bonchev–Trinajstić information content (AvgIpc) is 2.61. The van der Waals surface area contributed by atoms with Crippen molar-refractivity contribution in [3.8, 4) is 17.1 Å². The molecule has 3 rings (SSSR count). The molecule has 7 heteroatoms. The maximum atomic E-state index is 13.1. The Morgan fingerprint density at radius 3 is 2.48 bits per heavy atom. The van der Waals surface area contributed by atoms with Crippen LogP contribution >= 0.6 is 0 Å². The molecule has 130 valence electrons. The quantitative estimate of drug-likeness (QED) is 0.690. The number of anilines is 1. The van der Waals surface area contributed by atoms with Crippen molar-refractivity contribution in [3.63, 3.8) is 0 Å². The van der Waals surface area contributed by atoms with Crippen LogP contribution in [-0.2, 0) is 4.74 Å². The Kier molecular flexibility index (Phi) is 5.04. The van der Waals surface area contributed by atoms with E-state index >= 15 is 0 Å². The highest BCUT2D eigenvalue weighted by molar-refractivity contribution is 5.83. The second kappa shape index (κ2) is 7.40. The van der Waals surface area contributed by atoms with Crippen molar-refractivity contribution in [1.82, 2.24) is 15.0 Å².